The Hall–Kier alpha value is -2.05. The molecule has 2 aromatic heterocycles. The second-order valence-corrected chi connectivity index (χ2v) is 4.72. The molecule has 3 rings (SSSR count). The molecule has 0 saturated carbocycles. The minimum Gasteiger partial charge on any atom is -0.495 e. The van der Waals surface area contributed by atoms with E-state index in [0.717, 1.165) is 5.39 Å². The van der Waals surface area contributed by atoms with Gasteiger partial charge in [-0.3, -0.25) is 5.10 Å². The van der Waals surface area contributed by atoms with Gasteiger partial charge in [0.15, 0.2) is 5.65 Å². The zero-order valence-electron chi connectivity index (χ0n) is 10.3. The summed E-state index contributed by atoms with van der Waals surface area (Å²) in [6, 6.07) is 5.24. The van der Waals surface area contributed by atoms with E-state index in [9.17, 15) is 0 Å². The van der Waals surface area contributed by atoms with E-state index in [2.05, 4.69) is 25.5 Å². The SMILES string of the molecule is COc1ccc(Cl)cc1Nc1nc(Cl)nc2[nH]ncc12. The van der Waals surface area contributed by atoms with Gasteiger partial charge in [-0.2, -0.15) is 15.1 Å². The number of aromatic nitrogens is 4. The average Bonchev–Trinajstić information content (AvgIpc) is 2.87. The summed E-state index contributed by atoms with van der Waals surface area (Å²) in [6.45, 7) is 0. The third kappa shape index (κ3) is 2.35. The molecule has 1 aromatic carbocycles. The van der Waals surface area contributed by atoms with Crippen LogP contribution in [0.1, 0.15) is 0 Å². The first-order valence-electron chi connectivity index (χ1n) is 5.64. The molecule has 0 amide bonds. The maximum Gasteiger partial charge on any atom is 0.226 e. The normalized spacial score (nSPS) is 10.8. The van der Waals surface area contributed by atoms with Crippen molar-refractivity contribution in [1.29, 1.82) is 0 Å². The van der Waals surface area contributed by atoms with Crippen LogP contribution in [0.4, 0.5) is 11.5 Å². The Morgan fingerprint density at radius 1 is 1.25 bits per heavy atom. The number of aromatic amines is 1. The lowest BCUT2D eigenvalue weighted by Crippen LogP contribution is -1.98. The number of fused-ring (bicyclic) bond motifs is 1. The van der Waals surface area contributed by atoms with Crippen molar-refractivity contribution in [3.05, 3.63) is 34.7 Å². The molecular weight excluding hydrogens is 301 g/mol. The van der Waals surface area contributed by atoms with Crippen molar-refractivity contribution >= 4 is 45.7 Å². The molecule has 0 aliphatic rings. The molecule has 0 bridgehead atoms. The van der Waals surface area contributed by atoms with Gasteiger partial charge < -0.3 is 10.1 Å². The highest BCUT2D eigenvalue weighted by molar-refractivity contribution is 6.31. The molecule has 3 aromatic rings. The lowest BCUT2D eigenvalue weighted by atomic mass is 10.3. The maximum absolute atomic E-state index is 6.00. The van der Waals surface area contributed by atoms with Crippen LogP contribution >= 0.6 is 23.2 Å². The van der Waals surface area contributed by atoms with Crippen LogP contribution in [0.15, 0.2) is 24.4 Å². The topological polar surface area (TPSA) is 75.7 Å². The number of anilines is 2. The van der Waals surface area contributed by atoms with Gasteiger partial charge in [0.2, 0.25) is 5.28 Å². The number of nitrogens with one attached hydrogen (secondary N) is 2. The van der Waals surface area contributed by atoms with E-state index in [1.54, 1.807) is 31.5 Å². The second-order valence-electron chi connectivity index (χ2n) is 3.94. The first-order chi connectivity index (χ1) is 9.67. The highest BCUT2D eigenvalue weighted by Crippen LogP contribution is 2.32. The summed E-state index contributed by atoms with van der Waals surface area (Å²) in [5, 5.41) is 11.2. The summed E-state index contributed by atoms with van der Waals surface area (Å²) < 4.78 is 5.28. The van der Waals surface area contributed by atoms with E-state index in [1.807, 2.05) is 0 Å². The lowest BCUT2D eigenvalue weighted by molar-refractivity contribution is 0.417. The van der Waals surface area contributed by atoms with Crippen molar-refractivity contribution in [3.8, 4) is 5.75 Å². The Bertz CT molecular complexity index is 774. The summed E-state index contributed by atoms with van der Waals surface area (Å²) >= 11 is 11.9. The third-order valence-corrected chi connectivity index (χ3v) is 3.10. The highest BCUT2D eigenvalue weighted by Gasteiger charge is 2.11. The minimum atomic E-state index is 0.116. The Balaban J connectivity index is 2.09. The Morgan fingerprint density at radius 2 is 2.10 bits per heavy atom. The number of hydrogen-bond acceptors (Lipinski definition) is 5. The number of benzene rings is 1. The Labute approximate surface area is 124 Å². The number of H-pyrrole nitrogens is 1. The van der Waals surface area contributed by atoms with Crippen molar-refractivity contribution in [1.82, 2.24) is 20.2 Å². The molecule has 0 radical (unpaired) electrons. The first kappa shape index (κ1) is 13.0. The minimum absolute atomic E-state index is 0.116. The van der Waals surface area contributed by atoms with E-state index < -0.39 is 0 Å². The van der Waals surface area contributed by atoms with Crippen LogP contribution in [0.3, 0.4) is 0 Å². The summed E-state index contributed by atoms with van der Waals surface area (Å²) in [7, 11) is 1.58. The van der Waals surface area contributed by atoms with Crippen LogP contribution in [0.2, 0.25) is 10.3 Å². The molecule has 0 unspecified atom stereocenters. The van der Waals surface area contributed by atoms with Crippen LogP contribution < -0.4 is 10.1 Å². The number of halogens is 2. The zero-order chi connectivity index (χ0) is 14.1. The first-order valence-corrected chi connectivity index (χ1v) is 6.40. The fourth-order valence-electron chi connectivity index (χ4n) is 1.81. The van der Waals surface area contributed by atoms with E-state index in [1.165, 1.54) is 0 Å². The van der Waals surface area contributed by atoms with E-state index in [0.29, 0.717) is 27.9 Å². The van der Waals surface area contributed by atoms with Gasteiger partial charge in [0.1, 0.15) is 11.6 Å². The summed E-state index contributed by atoms with van der Waals surface area (Å²) in [5.41, 5.74) is 1.23. The number of rotatable bonds is 3. The van der Waals surface area contributed by atoms with Crippen LogP contribution in [-0.2, 0) is 0 Å². The zero-order valence-corrected chi connectivity index (χ0v) is 11.8. The monoisotopic (exact) mass is 309 g/mol. The van der Waals surface area contributed by atoms with E-state index in [4.69, 9.17) is 27.9 Å². The Kier molecular flexibility index (Phi) is 3.33. The molecule has 0 fully saturated rings. The van der Waals surface area contributed by atoms with Crippen LogP contribution in [-0.4, -0.2) is 27.3 Å². The molecule has 0 aliphatic carbocycles. The molecule has 2 heterocycles. The summed E-state index contributed by atoms with van der Waals surface area (Å²) in [6.07, 6.45) is 1.62. The molecule has 0 atom stereocenters. The van der Waals surface area contributed by atoms with Gasteiger partial charge in [-0.25, -0.2) is 0 Å². The standard InChI is InChI=1S/C12H9Cl2N5O/c1-20-9-3-2-6(13)4-8(9)16-10-7-5-15-19-11(7)18-12(14)17-10/h2-5H,1H3,(H2,15,16,17,18,19). The Morgan fingerprint density at radius 3 is 2.90 bits per heavy atom. The van der Waals surface area contributed by atoms with Crippen LogP contribution in [0.5, 0.6) is 5.75 Å². The van der Waals surface area contributed by atoms with Crippen LogP contribution in [0, 0.1) is 0 Å². The molecular formula is C12H9Cl2N5O. The fourth-order valence-corrected chi connectivity index (χ4v) is 2.15. The van der Waals surface area contributed by atoms with E-state index in [-0.39, 0.29) is 5.28 Å². The van der Waals surface area contributed by atoms with Gasteiger partial charge in [-0.15, -0.1) is 0 Å². The quantitative estimate of drug-likeness (QED) is 0.725. The fraction of sp³-hybridized carbons (Fsp3) is 0.0833. The maximum atomic E-state index is 6.00. The van der Waals surface area contributed by atoms with Gasteiger partial charge in [-0.05, 0) is 29.8 Å². The number of methoxy groups -OCH3 is 1. The largest absolute Gasteiger partial charge is 0.495 e. The molecule has 2 N–H and O–H groups in total. The smallest absolute Gasteiger partial charge is 0.226 e. The van der Waals surface area contributed by atoms with Crippen molar-refractivity contribution in [2.75, 3.05) is 12.4 Å². The van der Waals surface area contributed by atoms with Gasteiger partial charge in [0, 0.05) is 5.02 Å². The number of nitrogens with zero attached hydrogens (tertiary/aromatic N) is 3. The van der Waals surface area contributed by atoms with Gasteiger partial charge in [-0.1, -0.05) is 11.6 Å². The highest BCUT2D eigenvalue weighted by atomic mass is 35.5. The van der Waals surface area contributed by atoms with Crippen molar-refractivity contribution in [2.24, 2.45) is 0 Å². The molecule has 0 aliphatic heterocycles. The molecule has 102 valence electrons. The lowest BCUT2D eigenvalue weighted by Gasteiger charge is -2.11. The molecule has 20 heavy (non-hydrogen) atoms. The summed E-state index contributed by atoms with van der Waals surface area (Å²) in [4.78, 5) is 8.20. The number of hydrogen-bond donors (Lipinski definition) is 2. The third-order valence-electron chi connectivity index (χ3n) is 2.70. The number of ether oxygens (including phenoxy) is 1. The molecule has 6 nitrogen and oxygen atoms in total. The van der Waals surface area contributed by atoms with Crippen molar-refractivity contribution in [2.45, 2.75) is 0 Å². The summed E-state index contributed by atoms with van der Waals surface area (Å²) in [5.74, 6) is 1.16. The van der Waals surface area contributed by atoms with Crippen LogP contribution in [0.25, 0.3) is 11.0 Å². The van der Waals surface area contributed by atoms with E-state index >= 15 is 0 Å². The molecule has 0 spiro atoms. The molecule has 8 heteroatoms. The average molecular weight is 310 g/mol. The second kappa shape index (κ2) is 5.15. The van der Waals surface area contributed by atoms with Gasteiger partial charge in [0.05, 0.1) is 24.4 Å². The predicted octanol–water partition coefficient (Wildman–Crippen LogP) is 3.41. The van der Waals surface area contributed by atoms with Crippen molar-refractivity contribution in [3.63, 3.8) is 0 Å². The molecule has 0 saturated heterocycles. The van der Waals surface area contributed by atoms with Crippen molar-refractivity contribution < 1.29 is 4.74 Å². The van der Waals surface area contributed by atoms with Gasteiger partial charge in [0.25, 0.3) is 0 Å². The predicted molar refractivity (Wildman–Crippen MR) is 78.0 cm³/mol. The van der Waals surface area contributed by atoms with Gasteiger partial charge >= 0.3 is 0 Å².